The maximum atomic E-state index is 3.56. The third-order valence-corrected chi connectivity index (χ3v) is 4.62. The van der Waals surface area contributed by atoms with E-state index >= 15 is 0 Å². The van der Waals surface area contributed by atoms with Gasteiger partial charge in [0.1, 0.15) is 0 Å². The Morgan fingerprint density at radius 1 is 1.24 bits per heavy atom. The van der Waals surface area contributed by atoms with Crippen LogP contribution in [0.3, 0.4) is 0 Å². The molecule has 1 N–H and O–H groups in total. The predicted molar refractivity (Wildman–Crippen MR) is 91.5 cm³/mol. The summed E-state index contributed by atoms with van der Waals surface area (Å²) in [6.45, 7) is 11.8. The highest BCUT2D eigenvalue weighted by molar-refractivity contribution is 5.19. The zero-order valence-corrected chi connectivity index (χ0v) is 14.0. The van der Waals surface area contributed by atoms with Gasteiger partial charge in [0.25, 0.3) is 0 Å². The van der Waals surface area contributed by atoms with Crippen LogP contribution in [0.5, 0.6) is 0 Å². The summed E-state index contributed by atoms with van der Waals surface area (Å²) >= 11 is 0. The summed E-state index contributed by atoms with van der Waals surface area (Å²) in [5.74, 6) is 1.55. The van der Waals surface area contributed by atoms with Gasteiger partial charge < -0.3 is 5.32 Å². The van der Waals surface area contributed by atoms with E-state index in [0.717, 1.165) is 18.4 Å². The largest absolute Gasteiger partial charge is 0.316 e. The maximum absolute atomic E-state index is 3.56. The first-order chi connectivity index (χ1) is 10.2. The molecule has 1 saturated heterocycles. The Morgan fingerprint density at radius 3 is 2.57 bits per heavy atom. The van der Waals surface area contributed by atoms with E-state index < -0.39 is 0 Å². The molecule has 118 valence electrons. The predicted octanol–water partition coefficient (Wildman–Crippen LogP) is 4.10. The van der Waals surface area contributed by atoms with Crippen molar-refractivity contribution in [2.45, 2.75) is 46.1 Å². The number of hydrogen-bond donors (Lipinski definition) is 1. The minimum Gasteiger partial charge on any atom is -0.316 e. The van der Waals surface area contributed by atoms with Gasteiger partial charge in [-0.1, -0.05) is 51.1 Å². The smallest absolute Gasteiger partial charge is 0.0350 e. The van der Waals surface area contributed by atoms with Gasteiger partial charge in [-0.25, -0.2) is 0 Å². The van der Waals surface area contributed by atoms with Gasteiger partial charge in [0.2, 0.25) is 0 Å². The summed E-state index contributed by atoms with van der Waals surface area (Å²) in [5.41, 5.74) is 1.48. The van der Waals surface area contributed by atoms with Crippen LogP contribution in [0.2, 0.25) is 0 Å². The van der Waals surface area contributed by atoms with Crippen molar-refractivity contribution in [2.24, 2.45) is 11.8 Å². The van der Waals surface area contributed by atoms with Crippen molar-refractivity contribution < 1.29 is 0 Å². The highest BCUT2D eigenvalue weighted by Crippen LogP contribution is 2.29. The van der Waals surface area contributed by atoms with Gasteiger partial charge in [0.05, 0.1) is 0 Å². The molecule has 0 saturated carbocycles. The normalized spacial score (nSPS) is 20.9. The minimum atomic E-state index is 0.568. The van der Waals surface area contributed by atoms with Crippen molar-refractivity contribution >= 4 is 0 Å². The second kappa shape index (κ2) is 8.55. The SMILES string of the molecule is CCN(CC1CCCNC1)C(CC(C)C)c1ccccc1. The Kier molecular flexibility index (Phi) is 6.72. The third kappa shape index (κ3) is 5.12. The van der Waals surface area contributed by atoms with Gasteiger partial charge in [0.15, 0.2) is 0 Å². The zero-order valence-electron chi connectivity index (χ0n) is 14.0. The molecule has 2 heteroatoms. The van der Waals surface area contributed by atoms with Crippen LogP contribution in [0.25, 0.3) is 0 Å². The molecular weight excluding hydrogens is 256 g/mol. The number of benzene rings is 1. The molecule has 1 fully saturated rings. The lowest BCUT2D eigenvalue weighted by atomic mass is 9.93. The van der Waals surface area contributed by atoms with Gasteiger partial charge in [0, 0.05) is 12.6 Å². The first-order valence-electron chi connectivity index (χ1n) is 8.70. The Balaban J connectivity index is 2.08. The standard InChI is InChI=1S/C19H32N2/c1-4-21(15-17-9-8-12-20-14-17)19(13-16(2)3)18-10-6-5-7-11-18/h5-7,10-11,16-17,19-20H,4,8-9,12-15H2,1-3H3. The second-order valence-corrected chi connectivity index (χ2v) is 6.86. The van der Waals surface area contributed by atoms with Crippen molar-refractivity contribution in [1.29, 1.82) is 0 Å². The number of nitrogens with zero attached hydrogens (tertiary/aromatic N) is 1. The van der Waals surface area contributed by atoms with Crippen LogP contribution < -0.4 is 5.32 Å². The molecule has 2 nitrogen and oxygen atoms in total. The summed E-state index contributed by atoms with van der Waals surface area (Å²) in [6.07, 6.45) is 3.97. The van der Waals surface area contributed by atoms with Crippen molar-refractivity contribution in [1.82, 2.24) is 10.2 Å². The number of hydrogen-bond acceptors (Lipinski definition) is 2. The molecule has 1 heterocycles. The molecule has 2 rings (SSSR count). The van der Waals surface area contributed by atoms with E-state index in [1.54, 1.807) is 0 Å². The molecule has 2 atom stereocenters. The second-order valence-electron chi connectivity index (χ2n) is 6.86. The molecule has 21 heavy (non-hydrogen) atoms. The molecular formula is C19H32N2. The van der Waals surface area contributed by atoms with Crippen LogP contribution >= 0.6 is 0 Å². The highest BCUT2D eigenvalue weighted by Gasteiger charge is 2.24. The fourth-order valence-corrected chi connectivity index (χ4v) is 3.51. The average molecular weight is 288 g/mol. The summed E-state index contributed by atoms with van der Waals surface area (Å²) in [7, 11) is 0. The zero-order chi connectivity index (χ0) is 15.1. The fraction of sp³-hybridized carbons (Fsp3) is 0.684. The summed E-state index contributed by atoms with van der Waals surface area (Å²) < 4.78 is 0. The lowest BCUT2D eigenvalue weighted by Gasteiger charge is -2.36. The Morgan fingerprint density at radius 2 is 2.00 bits per heavy atom. The van der Waals surface area contributed by atoms with Gasteiger partial charge in [-0.15, -0.1) is 0 Å². The molecule has 0 amide bonds. The topological polar surface area (TPSA) is 15.3 Å². The van der Waals surface area contributed by atoms with E-state index in [1.165, 1.54) is 44.5 Å². The Labute approximate surface area is 130 Å². The first-order valence-corrected chi connectivity index (χ1v) is 8.70. The molecule has 1 aliphatic heterocycles. The molecule has 0 spiro atoms. The van der Waals surface area contributed by atoms with E-state index in [1.807, 2.05) is 0 Å². The number of nitrogens with one attached hydrogen (secondary N) is 1. The molecule has 0 aliphatic carbocycles. The van der Waals surface area contributed by atoms with Crippen LogP contribution in [-0.4, -0.2) is 31.1 Å². The van der Waals surface area contributed by atoms with Crippen LogP contribution in [0, 0.1) is 11.8 Å². The van der Waals surface area contributed by atoms with E-state index in [2.05, 4.69) is 61.3 Å². The molecule has 0 aromatic heterocycles. The number of piperidine rings is 1. The van der Waals surface area contributed by atoms with Crippen LogP contribution in [0.1, 0.15) is 51.6 Å². The van der Waals surface area contributed by atoms with Crippen LogP contribution in [0.4, 0.5) is 0 Å². The Hall–Kier alpha value is -0.860. The summed E-state index contributed by atoms with van der Waals surface area (Å²) in [5, 5.41) is 3.56. The summed E-state index contributed by atoms with van der Waals surface area (Å²) in [6, 6.07) is 11.6. The molecule has 1 aromatic rings. The van der Waals surface area contributed by atoms with Gasteiger partial charge in [-0.2, -0.15) is 0 Å². The fourth-order valence-electron chi connectivity index (χ4n) is 3.51. The van der Waals surface area contributed by atoms with Gasteiger partial charge in [-0.3, -0.25) is 4.90 Å². The van der Waals surface area contributed by atoms with Gasteiger partial charge >= 0.3 is 0 Å². The molecule has 1 aromatic carbocycles. The van der Waals surface area contributed by atoms with E-state index in [-0.39, 0.29) is 0 Å². The van der Waals surface area contributed by atoms with E-state index in [4.69, 9.17) is 0 Å². The average Bonchev–Trinajstić information content (AvgIpc) is 2.52. The molecule has 2 unspecified atom stereocenters. The highest BCUT2D eigenvalue weighted by atomic mass is 15.2. The minimum absolute atomic E-state index is 0.568. The lowest BCUT2D eigenvalue weighted by molar-refractivity contribution is 0.144. The van der Waals surface area contributed by atoms with Gasteiger partial charge in [-0.05, 0) is 56.3 Å². The summed E-state index contributed by atoms with van der Waals surface area (Å²) in [4.78, 5) is 2.70. The first kappa shape index (κ1) is 16.5. The van der Waals surface area contributed by atoms with E-state index in [9.17, 15) is 0 Å². The molecule has 0 bridgehead atoms. The van der Waals surface area contributed by atoms with Crippen molar-refractivity contribution in [3.63, 3.8) is 0 Å². The number of rotatable bonds is 7. The lowest BCUT2D eigenvalue weighted by Crippen LogP contribution is -2.40. The van der Waals surface area contributed by atoms with Crippen molar-refractivity contribution in [2.75, 3.05) is 26.2 Å². The molecule has 1 aliphatic rings. The molecule has 0 radical (unpaired) electrons. The Bertz CT molecular complexity index is 382. The van der Waals surface area contributed by atoms with E-state index in [0.29, 0.717) is 6.04 Å². The van der Waals surface area contributed by atoms with Crippen molar-refractivity contribution in [3.05, 3.63) is 35.9 Å². The van der Waals surface area contributed by atoms with Crippen LogP contribution in [-0.2, 0) is 0 Å². The maximum Gasteiger partial charge on any atom is 0.0350 e. The van der Waals surface area contributed by atoms with Crippen molar-refractivity contribution in [3.8, 4) is 0 Å². The van der Waals surface area contributed by atoms with Crippen LogP contribution in [0.15, 0.2) is 30.3 Å². The monoisotopic (exact) mass is 288 g/mol. The quantitative estimate of drug-likeness (QED) is 0.813. The third-order valence-electron chi connectivity index (χ3n) is 4.62.